The zero-order valence-corrected chi connectivity index (χ0v) is 23.3. The van der Waals surface area contributed by atoms with Crippen molar-refractivity contribution >= 4 is 50.7 Å². The van der Waals surface area contributed by atoms with E-state index >= 15 is 0 Å². The molecule has 0 spiro atoms. The summed E-state index contributed by atoms with van der Waals surface area (Å²) < 4.78 is 31.9. The first-order chi connectivity index (χ1) is 18.8. The van der Waals surface area contributed by atoms with Gasteiger partial charge >= 0.3 is 5.97 Å². The molecule has 7 nitrogen and oxygen atoms in total. The summed E-state index contributed by atoms with van der Waals surface area (Å²) >= 11 is 14.0. The van der Waals surface area contributed by atoms with Gasteiger partial charge in [0.25, 0.3) is 0 Å². The van der Waals surface area contributed by atoms with Gasteiger partial charge in [-0.3, -0.25) is 0 Å². The lowest BCUT2D eigenvalue weighted by atomic mass is 9.83. The SMILES string of the molecule is COC(=O)c1ccc2nc([C@]3(O)CC[C@@H](OCc4c(-c5c(Cl)cccc5Cl)noc4C4CC4)CC3)sc2c1F. The van der Waals surface area contributed by atoms with Gasteiger partial charge in [0.15, 0.2) is 5.82 Å². The number of rotatable bonds is 7. The molecule has 2 aromatic carbocycles. The standard InChI is InChI=1S/C28H25Cl2FN2O5S/c1-36-26(34)16-7-8-20-25(22(16)31)39-27(32-20)28(35)11-9-15(10-12-28)37-13-17-23(33-38-24(17)14-5-6-14)21-18(29)3-2-4-19(21)30/h2-4,7-8,14-15,35H,5-6,9-13H2,1H3/t15-,28+. The fraction of sp³-hybridized carbons (Fsp3) is 0.393. The third-order valence-electron chi connectivity index (χ3n) is 7.49. The third-order valence-corrected chi connectivity index (χ3v) is 9.38. The Morgan fingerprint density at radius 1 is 1.18 bits per heavy atom. The van der Waals surface area contributed by atoms with Gasteiger partial charge in [0.1, 0.15) is 22.1 Å². The van der Waals surface area contributed by atoms with Gasteiger partial charge in [-0.1, -0.05) is 34.4 Å². The molecule has 2 fully saturated rings. The number of benzene rings is 2. The summed E-state index contributed by atoms with van der Waals surface area (Å²) in [5.74, 6) is -0.297. The number of nitrogens with zero attached hydrogens (tertiary/aromatic N) is 2. The molecule has 2 aromatic heterocycles. The molecule has 0 amide bonds. The first-order valence-electron chi connectivity index (χ1n) is 12.7. The quantitative estimate of drug-likeness (QED) is 0.224. The Kier molecular flexibility index (Phi) is 7.14. The second kappa shape index (κ2) is 10.4. The van der Waals surface area contributed by atoms with Crippen molar-refractivity contribution in [3.05, 3.63) is 68.1 Å². The normalized spacial score (nSPS) is 21.4. The molecule has 11 heteroatoms. The van der Waals surface area contributed by atoms with Crippen molar-refractivity contribution < 1.29 is 28.3 Å². The second-order valence-electron chi connectivity index (χ2n) is 10.1. The van der Waals surface area contributed by atoms with Crippen LogP contribution >= 0.6 is 34.5 Å². The van der Waals surface area contributed by atoms with Gasteiger partial charge in [-0.25, -0.2) is 14.2 Å². The number of carbonyl (C=O) groups excluding carboxylic acids is 1. The summed E-state index contributed by atoms with van der Waals surface area (Å²) in [6, 6.07) is 8.25. The number of hydrogen-bond donors (Lipinski definition) is 1. The predicted molar refractivity (Wildman–Crippen MR) is 146 cm³/mol. The van der Waals surface area contributed by atoms with Gasteiger partial charge in [-0.15, -0.1) is 11.3 Å². The molecule has 2 aliphatic carbocycles. The van der Waals surface area contributed by atoms with Crippen LogP contribution < -0.4 is 0 Å². The Hall–Kier alpha value is -2.56. The first kappa shape index (κ1) is 26.7. The number of ether oxygens (including phenoxy) is 2. The van der Waals surface area contributed by atoms with Gasteiger partial charge in [0.2, 0.25) is 0 Å². The highest BCUT2D eigenvalue weighted by atomic mass is 35.5. The van der Waals surface area contributed by atoms with Gasteiger partial charge in [0, 0.05) is 17.0 Å². The Labute approximate surface area is 237 Å². The van der Waals surface area contributed by atoms with Crippen LogP contribution in [0.5, 0.6) is 0 Å². The molecule has 204 valence electrons. The zero-order valence-electron chi connectivity index (χ0n) is 21.0. The summed E-state index contributed by atoms with van der Waals surface area (Å²) in [6.07, 6.45) is 3.98. The van der Waals surface area contributed by atoms with Crippen LogP contribution in [0.2, 0.25) is 10.0 Å². The van der Waals surface area contributed by atoms with E-state index in [4.69, 9.17) is 32.5 Å². The molecule has 0 unspecified atom stereocenters. The molecule has 2 aliphatic rings. The van der Waals surface area contributed by atoms with Crippen LogP contribution in [0.1, 0.15) is 71.1 Å². The molecular formula is C28H25Cl2FN2O5S. The topological polar surface area (TPSA) is 94.7 Å². The fourth-order valence-corrected chi connectivity index (χ4v) is 6.85. The van der Waals surface area contributed by atoms with Crippen molar-refractivity contribution in [3.63, 3.8) is 0 Å². The smallest absolute Gasteiger partial charge is 0.340 e. The van der Waals surface area contributed by atoms with E-state index in [-0.39, 0.29) is 23.0 Å². The highest BCUT2D eigenvalue weighted by molar-refractivity contribution is 7.18. The van der Waals surface area contributed by atoms with E-state index in [0.717, 1.165) is 35.5 Å². The van der Waals surface area contributed by atoms with Crippen molar-refractivity contribution in [2.45, 2.75) is 62.8 Å². The number of hydrogen-bond acceptors (Lipinski definition) is 8. The molecule has 1 N–H and O–H groups in total. The van der Waals surface area contributed by atoms with Crippen LogP contribution in [-0.2, 0) is 21.7 Å². The molecule has 2 saturated carbocycles. The third kappa shape index (κ3) is 4.95. The lowest BCUT2D eigenvalue weighted by Gasteiger charge is -2.34. The predicted octanol–water partition coefficient (Wildman–Crippen LogP) is 7.41. The molecule has 4 aromatic rings. The number of thiazole rings is 1. The van der Waals surface area contributed by atoms with E-state index in [1.54, 1.807) is 24.3 Å². The molecule has 0 bridgehead atoms. The molecule has 0 atom stereocenters. The Balaban J connectivity index is 1.17. The van der Waals surface area contributed by atoms with Crippen LogP contribution in [0.3, 0.4) is 0 Å². The van der Waals surface area contributed by atoms with E-state index in [1.165, 1.54) is 13.2 Å². The molecule has 0 saturated heterocycles. The minimum atomic E-state index is -1.20. The van der Waals surface area contributed by atoms with Gasteiger partial charge < -0.3 is 19.1 Å². The summed E-state index contributed by atoms with van der Waals surface area (Å²) in [5.41, 5.74) is 1.14. The highest BCUT2D eigenvalue weighted by Gasteiger charge is 2.39. The lowest BCUT2D eigenvalue weighted by molar-refractivity contribution is -0.0640. The first-order valence-corrected chi connectivity index (χ1v) is 14.3. The molecule has 6 rings (SSSR count). The van der Waals surface area contributed by atoms with Crippen molar-refractivity contribution in [1.29, 1.82) is 0 Å². The summed E-state index contributed by atoms with van der Waals surface area (Å²) in [6.45, 7) is 0.290. The van der Waals surface area contributed by atoms with E-state index in [9.17, 15) is 14.3 Å². The van der Waals surface area contributed by atoms with Gasteiger partial charge in [-0.2, -0.15) is 0 Å². The minimum absolute atomic E-state index is 0.0983. The monoisotopic (exact) mass is 590 g/mol. The highest BCUT2D eigenvalue weighted by Crippen LogP contribution is 2.47. The zero-order chi connectivity index (χ0) is 27.3. The van der Waals surface area contributed by atoms with Crippen LogP contribution in [-0.4, -0.2) is 34.4 Å². The number of fused-ring (bicyclic) bond motifs is 1. The van der Waals surface area contributed by atoms with E-state index < -0.39 is 17.4 Å². The Morgan fingerprint density at radius 2 is 1.90 bits per heavy atom. The number of aliphatic hydroxyl groups is 1. The van der Waals surface area contributed by atoms with Crippen molar-refractivity contribution in [3.8, 4) is 11.3 Å². The van der Waals surface area contributed by atoms with E-state index in [2.05, 4.69) is 14.9 Å². The fourth-order valence-electron chi connectivity index (χ4n) is 5.13. The number of halogens is 3. The average Bonchev–Trinajstić information content (AvgIpc) is 3.53. The van der Waals surface area contributed by atoms with Crippen LogP contribution in [0.25, 0.3) is 21.5 Å². The Morgan fingerprint density at radius 3 is 2.56 bits per heavy atom. The minimum Gasteiger partial charge on any atom is -0.465 e. The Bertz CT molecular complexity index is 1540. The molecule has 2 heterocycles. The van der Waals surface area contributed by atoms with E-state index in [0.29, 0.717) is 63.4 Å². The van der Waals surface area contributed by atoms with Crippen LogP contribution in [0.4, 0.5) is 4.39 Å². The maximum atomic E-state index is 14.9. The summed E-state index contributed by atoms with van der Waals surface area (Å²) in [5, 5.41) is 17.2. The number of aromatic nitrogens is 2. The maximum Gasteiger partial charge on any atom is 0.340 e. The van der Waals surface area contributed by atoms with Gasteiger partial charge in [-0.05, 0) is 62.8 Å². The molecule has 0 radical (unpaired) electrons. The molecule has 39 heavy (non-hydrogen) atoms. The number of carbonyl (C=O) groups is 1. The average molecular weight is 591 g/mol. The molecule has 0 aliphatic heterocycles. The van der Waals surface area contributed by atoms with Crippen molar-refractivity contribution in [2.24, 2.45) is 0 Å². The summed E-state index contributed by atoms with van der Waals surface area (Å²) in [4.78, 5) is 16.4. The van der Waals surface area contributed by atoms with Crippen LogP contribution in [0, 0.1) is 5.82 Å². The largest absolute Gasteiger partial charge is 0.465 e. The van der Waals surface area contributed by atoms with Crippen molar-refractivity contribution in [1.82, 2.24) is 10.1 Å². The number of esters is 1. The molecular weight excluding hydrogens is 566 g/mol. The van der Waals surface area contributed by atoms with E-state index in [1.807, 2.05) is 0 Å². The lowest BCUT2D eigenvalue weighted by Crippen LogP contribution is -2.34. The van der Waals surface area contributed by atoms with Crippen molar-refractivity contribution in [2.75, 3.05) is 7.11 Å². The van der Waals surface area contributed by atoms with Crippen LogP contribution in [0.15, 0.2) is 34.9 Å². The summed E-state index contributed by atoms with van der Waals surface area (Å²) in [7, 11) is 1.20. The number of methoxy groups -OCH3 is 1. The second-order valence-corrected chi connectivity index (χ2v) is 11.9. The van der Waals surface area contributed by atoms with Gasteiger partial charge in [0.05, 0.1) is 45.6 Å². The maximum absolute atomic E-state index is 14.9.